The molecule has 0 N–H and O–H groups in total. The van der Waals surface area contributed by atoms with Crippen molar-refractivity contribution in [2.75, 3.05) is 4.90 Å². The molecule has 2 heterocycles. The van der Waals surface area contributed by atoms with E-state index >= 15 is 0 Å². The van der Waals surface area contributed by atoms with E-state index in [0.29, 0.717) is 0 Å². The molecule has 0 radical (unpaired) electrons. The van der Waals surface area contributed by atoms with E-state index in [4.69, 9.17) is 0 Å². The number of aromatic nitrogens is 3. The highest BCUT2D eigenvalue weighted by Gasteiger charge is 2.26. The van der Waals surface area contributed by atoms with E-state index in [0.717, 1.165) is 17.0 Å². The van der Waals surface area contributed by atoms with Gasteiger partial charge in [-0.2, -0.15) is 5.10 Å². The summed E-state index contributed by atoms with van der Waals surface area (Å²) in [5, 5.41) is 5.83. The highest BCUT2D eigenvalue weighted by atomic mass is 32.1. The van der Waals surface area contributed by atoms with Gasteiger partial charge in [-0.1, -0.05) is 6.07 Å². The van der Waals surface area contributed by atoms with Gasteiger partial charge in [0.15, 0.2) is 0 Å². The normalized spacial score (nSPS) is 12.1. The number of carbonyl (C=O) groups is 1. The van der Waals surface area contributed by atoms with Crippen LogP contribution in [0.15, 0.2) is 48.4 Å². The topological polar surface area (TPSA) is 51.0 Å². The first-order valence-corrected chi connectivity index (χ1v) is 8.07. The van der Waals surface area contributed by atoms with Crippen LogP contribution in [0.1, 0.15) is 17.8 Å². The third-order valence-electron chi connectivity index (χ3n) is 3.55. The molecule has 2 aromatic heterocycles. The van der Waals surface area contributed by atoms with Gasteiger partial charge in [-0.3, -0.25) is 4.79 Å². The molecule has 0 spiro atoms. The molecule has 0 bridgehead atoms. The second kappa shape index (κ2) is 6.88. The molecule has 24 heavy (non-hydrogen) atoms. The van der Waals surface area contributed by atoms with Crippen molar-refractivity contribution in [3.63, 3.8) is 0 Å². The van der Waals surface area contributed by atoms with E-state index in [1.807, 2.05) is 17.5 Å². The lowest BCUT2D eigenvalue weighted by atomic mass is 10.2. The SMILES string of the molecule is CC(C(=O)N(Cc1cccs1)c1ccc(F)cc1F)n1cncn1. The van der Waals surface area contributed by atoms with Gasteiger partial charge in [0, 0.05) is 10.9 Å². The summed E-state index contributed by atoms with van der Waals surface area (Å²) in [5.41, 5.74) is 0.0294. The monoisotopic (exact) mass is 348 g/mol. The zero-order chi connectivity index (χ0) is 17.1. The molecule has 1 atom stereocenters. The second-order valence-electron chi connectivity index (χ2n) is 5.15. The Bertz CT molecular complexity index is 821. The predicted octanol–water partition coefficient (Wildman–Crippen LogP) is 3.41. The fraction of sp³-hybridized carbons (Fsp3) is 0.188. The molecule has 3 aromatic rings. The van der Waals surface area contributed by atoms with Gasteiger partial charge in [-0.05, 0) is 30.5 Å². The molecule has 1 amide bonds. The maximum atomic E-state index is 14.2. The first-order valence-electron chi connectivity index (χ1n) is 7.19. The molecule has 0 fully saturated rings. The highest BCUT2D eigenvalue weighted by molar-refractivity contribution is 7.09. The Morgan fingerprint density at radius 2 is 2.21 bits per heavy atom. The number of benzene rings is 1. The van der Waals surface area contributed by atoms with Crippen LogP contribution in [0.3, 0.4) is 0 Å². The quantitative estimate of drug-likeness (QED) is 0.710. The van der Waals surface area contributed by atoms with Crippen LogP contribution in [-0.2, 0) is 11.3 Å². The standard InChI is InChI=1S/C16H14F2N4OS/c1-11(22-10-19-9-20-22)16(23)21(8-13-3-2-6-24-13)15-5-4-12(17)7-14(15)18/h2-7,9-11H,8H2,1H3. The van der Waals surface area contributed by atoms with Crippen molar-refractivity contribution >= 4 is 22.9 Å². The molecule has 3 rings (SSSR count). The van der Waals surface area contributed by atoms with Gasteiger partial charge < -0.3 is 4.90 Å². The molecule has 0 aliphatic carbocycles. The molecule has 1 unspecified atom stereocenters. The third kappa shape index (κ3) is 3.33. The van der Waals surface area contributed by atoms with Crippen molar-refractivity contribution < 1.29 is 13.6 Å². The number of halogens is 2. The van der Waals surface area contributed by atoms with Crippen molar-refractivity contribution in [1.29, 1.82) is 0 Å². The van der Waals surface area contributed by atoms with Crippen LogP contribution >= 0.6 is 11.3 Å². The van der Waals surface area contributed by atoms with E-state index in [2.05, 4.69) is 10.1 Å². The fourth-order valence-corrected chi connectivity index (χ4v) is 2.99. The van der Waals surface area contributed by atoms with E-state index in [-0.39, 0.29) is 18.1 Å². The molecular formula is C16H14F2N4OS. The second-order valence-corrected chi connectivity index (χ2v) is 6.18. The Kier molecular flexibility index (Phi) is 4.66. The number of hydrogen-bond donors (Lipinski definition) is 0. The number of rotatable bonds is 5. The maximum Gasteiger partial charge on any atom is 0.252 e. The maximum absolute atomic E-state index is 14.2. The summed E-state index contributed by atoms with van der Waals surface area (Å²) in [4.78, 5) is 18.9. The number of nitrogens with zero attached hydrogens (tertiary/aromatic N) is 4. The summed E-state index contributed by atoms with van der Waals surface area (Å²) in [6, 6.07) is 6.20. The van der Waals surface area contributed by atoms with Crippen molar-refractivity contribution in [3.05, 3.63) is 64.9 Å². The van der Waals surface area contributed by atoms with Crippen LogP contribution in [0.4, 0.5) is 14.5 Å². The lowest BCUT2D eigenvalue weighted by molar-refractivity contribution is -0.121. The molecule has 1 aromatic carbocycles. The molecule has 0 saturated heterocycles. The van der Waals surface area contributed by atoms with E-state index < -0.39 is 17.7 Å². The van der Waals surface area contributed by atoms with E-state index in [1.54, 1.807) is 6.92 Å². The van der Waals surface area contributed by atoms with Crippen LogP contribution in [0.5, 0.6) is 0 Å². The Hall–Kier alpha value is -2.61. The first kappa shape index (κ1) is 16.3. The smallest absolute Gasteiger partial charge is 0.252 e. The average Bonchev–Trinajstić information content (AvgIpc) is 3.25. The summed E-state index contributed by atoms with van der Waals surface area (Å²) in [6.07, 6.45) is 2.75. The minimum atomic E-state index is -0.786. The third-order valence-corrected chi connectivity index (χ3v) is 4.41. The Labute approximate surface area is 141 Å². The van der Waals surface area contributed by atoms with Crippen LogP contribution in [0.2, 0.25) is 0 Å². The number of hydrogen-bond acceptors (Lipinski definition) is 4. The zero-order valence-corrected chi connectivity index (χ0v) is 13.6. The van der Waals surface area contributed by atoms with Crippen LogP contribution in [0.25, 0.3) is 0 Å². The molecule has 5 nitrogen and oxygen atoms in total. The van der Waals surface area contributed by atoms with Crippen molar-refractivity contribution in [3.8, 4) is 0 Å². The summed E-state index contributed by atoms with van der Waals surface area (Å²) in [6.45, 7) is 1.85. The van der Waals surface area contributed by atoms with Crippen molar-refractivity contribution in [2.24, 2.45) is 0 Å². The van der Waals surface area contributed by atoms with Gasteiger partial charge in [-0.15, -0.1) is 11.3 Å². The minimum Gasteiger partial charge on any atom is -0.302 e. The van der Waals surface area contributed by atoms with Crippen LogP contribution in [0, 0.1) is 11.6 Å². The minimum absolute atomic E-state index is 0.0294. The lowest BCUT2D eigenvalue weighted by Gasteiger charge is -2.26. The van der Waals surface area contributed by atoms with Gasteiger partial charge >= 0.3 is 0 Å². The van der Waals surface area contributed by atoms with Crippen molar-refractivity contribution in [2.45, 2.75) is 19.5 Å². The molecule has 124 valence electrons. The molecule has 0 aliphatic rings. The molecular weight excluding hydrogens is 334 g/mol. The van der Waals surface area contributed by atoms with Crippen LogP contribution < -0.4 is 4.90 Å². The zero-order valence-electron chi connectivity index (χ0n) is 12.8. The lowest BCUT2D eigenvalue weighted by Crippen LogP contribution is -2.36. The van der Waals surface area contributed by atoms with Crippen molar-refractivity contribution in [1.82, 2.24) is 14.8 Å². The average molecular weight is 348 g/mol. The summed E-state index contributed by atoms with van der Waals surface area (Å²) >= 11 is 1.46. The van der Waals surface area contributed by atoms with Gasteiger partial charge in [0.1, 0.15) is 30.3 Å². The number of amides is 1. The van der Waals surface area contributed by atoms with Gasteiger partial charge in [-0.25, -0.2) is 18.4 Å². The highest BCUT2D eigenvalue weighted by Crippen LogP contribution is 2.26. The Balaban J connectivity index is 1.96. The summed E-state index contributed by atoms with van der Waals surface area (Å²) < 4.78 is 28.8. The van der Waals surface area contributed by atoms with Gasteiger partial charge in [0.2, 0.25) is 0 Å². The fourth-order valence-electron chi connectivity index (χ4n) is 2.30. The van der Waals surface area contributed by atoms with E-state index in [1.165, 1.54) is 39.6 Å². The summed E-state index contributed by atoms with van der Waals surface area (Å²) in [7, 11) is 0. The van der Waals surface area contributed by atoms with Gasteiger partial charge in [0.05, 0.1) is 12.2 Å². The molecule has 0 aliphatic heterocycles. The summed E-state index contributed by atoms with van der Waals surface area (Å²) in [5.74, 6) is -1.84. The first-order chi connectivity index (χ1) is 11.6. The van der Waals surface area contributed by atoms with Gasteiger partial charge in [0.25, 0.3) is 5.91 Å². The molecule has 8 heteroatoms. The Morgan fingerprint density at radius 3 is 2.83 bits per heavy atom. The Morgan fingerprint density at radius 1 is 1.38 bits per heavy atom. The predicted molar refractivity (Wildman–Crippen MR) is 86.6 cm³/mol. The van der Waals surface area contributed by atoms with E-state index in [9.17, 15) is 13.6 Å². The van der Waals surface area contributed by atoms with Crippen LogP contribution in [-0.4, -0.2) is 20.7 Å². The largest absolute Gasteiger partial charge is 0.302 e. The number of anilines is 1. The number of thiophene rings is 1. The molecule has 0 saturated carbocycles. The number of carbonyl (C=O) groups excluding carboxylic acids is 1.